The molecule has 0 unspecified atom stereocenters. The molecule has 0 amide bonds. The van der Waals surface area contributed by atoms with Crippen molar-refractivity contribution in [3.63, 3.8) is 0 Å². The summed E-state index contributed by atoms with van der Waals surface area (Å²) in [6, 6.07) is 7.15. The summed E-state index contributed by atoms with van der Waals surface area (Å²) in [6.07, 6.45) is -6.14. The predicted molar refractivity (Wildman–Crippen MR) is 99.5 cm³/mol. The van der Waals surface area contributed by atoms with Gasteiger partial charge in [0.15, 0.2) is 0 Å². The van der Waals surface area contributed by atoms with Crippen LogP contribution in [0.1, 0.15) is 25.5 Å². The van der Waals surface area contributed by atoms with Gasteiger partial charge in [0.1, 0.15) is 29.2 Å². The van der Waals surface area contributed by atoms with Crippen molar-refractivity contribution in [1.29, 1.82) is 0 Å². The van der Waals surface area contributed by atoms with Gasteiger partial charge in [0.2, 0.25) is 0 Å². The largest absolute Gasteiger partial charge is 0.573 e. The van der Waals surface area contributed by atoms with Crippen LogP contribution in [-0.2, 0) is 0 Å². The number of alkyl halides is 3. The Morgan fingerprint density at radius 3 is 2.66 bits per heavy atom. The molecule has 4 rings (SSSR count). The van der Waals surface area contributed by atoms with Gasteiger partial charge < -0.3 is 14.6 Å². The lowest BCUT2D eigenvalue weighted by molar-refractivity contribution is -0.274. The van der Waals surface area contributed by atoms with E-state index < -0.39 is 35.4 Å². The molecule has 2 aromatic carbocycles. The Morgan fingerprint density at radius 2 is 1.97 bits per heavy atom. The zero-order valence-corrected chi connectivity index (χ0v) is 16.0. The molecule has 6 nitrogen and oxygen atoms in total. The van der Waals surface area contributed by atoms with Crippen molar-refractivity contribution in [2.45, 2.75) is 38.0 Å². The van der Waals surface area contributed by atoms with Crippen molar-refractivity contribution in [1.82, 2.24) is 9.78 Å². The molecule has 0 radical (unpaired) electrons. The molecule has 1 aliphatic rings. The number of nitrogens with one attached hydrogen (secondary N) is 1. The first-order valence-electron chi connectivity index (χ1n) is 8.63. The van der Waals surface area contributed by atoms with Crippen LogP contribution in [0.3, 0.4) is 0 Å². The third-order valence-corrected chi connectivity index (χ3v) is 5.10. The van der Waals surface area contributed by atoms with Gasteiger partial charge in [0.25, 0.3) is 5.56 Å². The lowest BCUT2D eigenvalue weighted by Crippen LogP contribution is -2.52. The number of halogens is 4. The minimum absolute atomic E-state index is 0.179. The zero-order chi connectivity index (χ0) is 21.1. The van der Waals surface area contributed by atoms with Crippen LogP contribution in [0.5, 0.6) is 11.5 Å². The lowest BCUT2D eigenvalue weighted by Gasteiger charge is -2.42. The van der Waals surface area contributed by atoms with Gasteiger partial charge in [-0.15, -0.1) is 13.2 Å². The van der Waals surface area contributed by atoms with E-state index in [0.717, 1.165) is 12.1 Å². The molecule has 1 aliphatic heterocycles. The second-order valence-corrected chi connectivity index (χ2v) is 7.76. The summed E-state index contributed by atoms with van der Waals surface area (Å²) in [4.78, 5) is 12.9. The van der Waals surface area contributed by atoms with E-state index in [-0.39, 0.29) is 11.3 Å². The minimum Gasteiger partial charge on any atom is -0.485 e. The summed E-state index contributed by atoms with van der Waals surface area (Å²) in [6.45, 7) is 3.25. The Bertz CT molecular complexity index is 1150. The number of fused-ring (bicyclic) bond motifs is 2. The maximum Gasteiger partial charge on any atom is 0.573 e. The number of rotatable bonds is 2. The molecule has 0 saturated carbocycles. The predicted octanol–water partition coefficient (Wildman–Crippen LogP) is 4.00. The lowest BCUT2D eigenvalue weighted by atomic mass is 9.86. The van der Waals surface area contributed by atoms with Gasteiger partial charge >= 0.3 is 6.36 Å². The number of ether oxygens (including phenoxy) is 2. The molecular weight excluding hydrogens is 413 g/mol. The molecular formula is C19H16ClF3N2O4. The number of aliphatic hydroxyl groups is 1. The molecule has 10 heteroatoms. The summed E-state index contributed by atoms with van der Waals surface area (Å²) in [5, 5.41) is 14.6. The van der Waals surface area contributed by atoms with Gasteiger partial charge in [0, 0.05) is 10.6 Å². The van der Waals surface area contributed by atoms with Crippen LogP contribution in [-0.4, -0.2) is 33.0 Å². The molecule has 2 heterocycles. The quantitative estimate of drug-likeness (QED) is 0.647. The molecule has 2 atom stereocenters. The number of hydrogen-bond acceptors (Lipinski definition) is 4. The second kappa shape index (κ2) is 6.43. The highest BCUT2D eigenvalue weighted by Crippen LogP contribution is 2.43. The summed E-state index contributed by atoms with van der Waals surface area (Å²) >= 11 is 5.98. The van der Waals surface area contributed by atoms with Crippen molar-refractivity contribution in [2.24, 2.45) is 0 Å². The van der Waals surface area contributed by atoms with E-state index in [1.54, 1.807) is 26.0 Å². The van der Waals surface area contributed by atoms with Crippen LogP contribution in [0.15, 0.2) is 41.2 Å². The highest BCUT2D eigenvalue weighted by Gasteiger charge is 2.45. The Balaban J connectivity index is 1.92. The number of benzene rings is 2. The average Bonchev–Trinajstić information content (AvgIpc) is 2.91. The first-order chi connectivity index (χ1) is 13.5. The van der Waals surface area contributed by atoms with E-state index in [9.17, 15) is 23.1 Å². The number of aromatic nitrogens is 2. The Kier molecular flexibility index (Phi) is 4.36. The second-order valence-electron chi connectivity index (χ2n) is 7.32. The van der Waals surface area contributed by atoms with Crippen LogP contribution < -0.4 is 15.0 Å². The number of hydrogen-bond donors (Lipinski definition) is 2. The van der Waals surface area contributed by atoms with Gasteiger partial charge in [-0.25, -0.2) is 4.68 Å². The summed E-state index contributed by atoms with van der Waals surface area (Å²) in [5.41, 5.74) is -0.952. The molecule has 0 bridgehead atoms. The summed E-state index contributed by atoms with van der Waals surface area (Å²) in [7, 11) is 0. The Hall–Kier alpha value is -2.65. The molecule has 154 valence electrons. The fourth-order valence-electron chi connectivity index (χ4n) is 3.52. The molecule has 0 spiro atoms. The van der Waals surface area contributed by atoms with E-state index in [1.807, 2.05) is 0 Å². The fraction of sp³-hybridized carbons (Fsp3) is 0.316. The van der Waals surface area contributed by atoms with E-state index in [1.165, 1.54) is 16.8 Å². The number of H-pyrrole nitrogens is 1. The SMILES string of the molecule is CC1(C)Oc2ccc(OC(F)(F)F)cc2[C@@H](n2[nH]c3cc(Cl)ccc3c2=O)[C@@H]1O. The summed E-state index contributed by atoms with van der Waals surface area (Å²) in [5.74, 6) is -0.243. The molecule has 1 aromatic heterocycles. The number of nitrogens with zero attached hydrogens (tertiary/aromatic N) is 1. The van der Waals surface area contributed by atoms with Crippen molar-refractivity contribution in [2.75, 3.05) is 0 Å². The first-order valence-corrected chi connectivity index (χ1v) is 9.00. The highest BCUT2D eigenvalue weighted by atomic mass is 35.5. The maximum absolute atomic E-state index is 12.9. The smallest absolute Gasteiger partial charge is 0.485 e. The van der Waals surface area contributed by atoms with Gasteiger partial charge in [-0.1, -0.05) is 11.6 Å². The molecule has 0 aliphatic carbocycles. The minimum atomic E-state index is -4.88. The summed E-state index contributed by atoms with van der Waals surface area (Å²) < 4.78 is 48.9. The third-order valence-electron chi connectivity index (χ3n) is 4.87. The standard InChI is InChI=1S/C19H16ClF3N2O4/c1-18(2)16(26)15(25-17(27)11-5-3-9(20)7-13(11)24-25)12-8-10(28-19(21,22)23)4-6-14(12)29-18/h3-8,15-16,24,26H,1-2H3/t15-,16+/m1/s1. The fourth-order valence-corrected chi connectivity index (χ4v) is 3.70. The van der Waals surface area contributed by atoms with Crippen LogP contribution in [0, 0.1) is 0 Å². The Labute approximate surface area is 167 Å². The van der Waals surface area contributed by atoms with Crippen molar-refractivity contribution in [3.8, 4) is 11.5 Å². The van der Waals surface area contributed by atoms with Crippen LogP contribution in [0.4, 0.5) is 13.2 Å². The van der Waals surface area contributed by atoms with Gasteiger partial charge in [0.05, 0.1) is 10.9 Å². The van der Waals surface area contributed by atoms with E-state index in [2.05, 4.69) is 9.84 Å². The average molecular weight is 429 g/mol. The van der Waals surface area contributed by atoms with Crippen molar-refractivity contribution < 1.29 is 27.8 Å². The highest BCUT2D eigenvalue weighted by molar-refractivity contribution is 6.31. The monoisotopic (exact) mass is 428 g/mol. The molecule has 0 saturated heterocycles. The molecule has 0 fully saturated rings. The van der Waals surface area contributed by atoms with Crippen molar-refractivity contribution >= 4 is 22.5 Å². The molecule has 29 heavy (non-hydrogen) atoms. The van der Waals surface area contributed by atoms with Crippen molar-refractivity contribution in [3.05, 3.63) is 57.3 Å². The van der Waals surface area contributed by atoms with Gasteiger partial charge in [-0.3, -0.25) is 9.89 Å². The number of aromatic amines is 1. The van der Waals surface area contributed by atoms with Crippen LogP contribution in [0.2, 0.25) is 5.02 Å². The van der Waals surface area contributed by atoms with Crippen LogP contribution in [0.25, 0.3) is 10.9 Å². The van der Waals surface area contributed by atoms with E-state index in [4.69, 9.17) is 16.3 Å². The normalized spacial score (nSPS) is 20.9. The molecule has 3 aromatic rings. The number of aliphatic hydroxyl groups excluding tert-OH is 1. The van der Waals surface area contributed by atoms with E-state index in [0.29, 0.717) is 15.9 Å². The van der Waals surface area contributed by atoms with Gasteiger partial charge in [-0.05, 0) is 50.2 Å². The molecule has 2 N–H and O–H groups in total. The zero-order valence-electron chi connectivity index (χ0n) is 15.2. The van der Waals surface area contributed by atoms with Gasteiger partial charge in [-0.2, -0.15) is 0 Å². The maximum atomic E-state index is 12.9. The third kappa shape index (κ3) is 3.44. The van der Waals surface area contributed by atoms with Crippen LogP contribution >= 0.6 is 11.6 Å². The first kappa shape index (κ1) is 19.7. The van der Waals surface area contributed by atoms with E-state index >= 15 is 0 Å². The topological polar surface area (TPSA) is 76.5 Å². The Morgan fingerprint density at radius 1 is 1.24 bits per heavy atom.